The third-order valence-corrected chi connectivity index (χ3v) is 6.32. The fourth-order valence-electron chi connectivity index (χ4n) is 2.08. The van der Waals surface area contributed by atoms with Gasteiger partial charge in [-0.15, -0.1) is 0 Å². The van der Waals surface area contributed by atoms with Crippen molar-refractivity contribution >= 4 is 7.60 Å². The molecule has 0 fully saturated rings. The highest BCUT2D eigenvalue weighted by molar-refractivity contribution is 7.58. The first-order chi connectivity index (χ1) is 14.7. The molecule has 0 aliphatic carbocycles. The lowest BCUT2D eigenvalue weighted by atomic mass is 9.90. The maximum Gasteiger partial charge on any atom is 0.460 e. The van der Waals surface area contributed by atoms with Gasteiger partial charge in [-0.05, 0) is 20.8 Å². The van der Waals surface area contributed by atoms with Crippen LogP contribution < -0.4 is 5.73 Å². The maximum atomic E-state index is 14.2. The molecule has 0 unspecified atom stereocenters. The van der Waals surface area contributed by atoms with Crippen molar-refractivity contribution in [3.8, 4) is 0 Å². The van der Waals surface area contributed by atoms with Gasteiger partial charge in [0.1, 0.15) is 0 Å². The molecule has 34 heavy (non-hydrogen) atoms. The molecule has 4 nitrogen and oxygen atoms in total. The minimum Gasteiger partial charge on any atom is -0.396 e. The number of alkyl halides is 15. The van der Waals surface area contributed by atoms with Gasteiger partial charge in [0.15, 0.2) is 0 Å². The molecule has 0 aliphatic rings. The molecule has 20 heteroatoms. The van der Waals surface area contributed by atoms with E-state index in [1.165, 1.54) is 0 Å². The Morgan fingerprint density at radius 2 is 0.941 bits per heavy atom. The van der Waals surface area contributed by atoms with Crippen LogP contribution in [0.1, 0.15) is 20.8 Å². The van der Waals surface area contributed by atoms with Crippen LogP contribution in [0.2, 0.25) is 0 Å². The number of nitrogens with two attached hydrogens (primary N) is 1. The molecule has 2 N–H and O–H groups in total. The van der Waals surface area contributed by atoms with Gasteiger partial charge in [0.25, 0.3) is 0 Å². The van der Waals surface area contributed by atoms with Gasteiger partial charge in [0.2, 0.25) is 0 Å². The Morgan fingerprint density at radius 1 is 0.647 bits per heavy atom. The van der Waals surface area contributed by atoms with Crippen molar-refractivity contribution < 1.29 is 79.5 Å². The van der Waals surface area contributed by atoms with Crippen LogP contribution in [0.3, 0.4) is 0 Å². The molecule has 0 saturated heterocycles. The molecule has 0 aromatic rings. The van der Waals surface area contributed by atoms with E-state index in [-0.39, 0.29) is 6.92 Å². The van der Waals surface area contributed by atoms with Gasteiger partial charge in [0, 0.05) is 0 Å². The quantitative estimate of drug-likeness (QED) is 0.222. The SMILES string of the molecule is CCOP(=O)(OCC)/C(C)=C(\N)C(F)(F)C(F)(F)C(F)(F)C(F)(F)C(F)(F)C(F)(F)C(F)(F)F. The Bertz CT molecular complexity index is 812. The lowest BCUT2D eigenvalue weighted by molar-refractivity contribution is -0.450. The summed E-state index contributed by atoms with van der Waals surface area (Å²) in [6.07, 6.45) is -7.70. The summed E-state index contributed by atoms with van der Waals surface area (Å²) in [4.78, 5) is 0. The van der Waals surface area contributed by atoms with Gasteiger partial charge in [-0.1, -0.05) is 0 Å². The zero-order valence-electron chi connectivity index (χ0n) is 16.8. The molecule has 0 rings (SSSR count). The fraction of sp³-hybridized carbons (Fsp3) is 0.857. The van der Waals surface area contributed by atoms with E-state index in [1.807, 2.05) is 0 Å². The summed E-state index contributed by atoms with van der Waals surface area (Å²) >= 11 is 0. The average Bonchev–Trinajstić information content (AvgIpc) is 2.65. The second-order valence-corrected chi connectivity index (χ2v) is 8.46. The number of allylic oxidation sites excluding steroid dienone is 2. The smallest absolute Gasteiger partial charge is 0.396 e. The summed E-state index contributed by atoms with van der Waals surface area (Å²) in [5.74, 6) is -48.0. The molecule has 0 aromatic heterocycles. The van der Waals surface area contributed by atoms with Crippen molar-refractivity contribution in [2.24, 2.45) is 5.73 Å². The van der Waals surface area contributed by atoms with Crippen LogP contribution in [0, 0.1) is 0 Å². The predicted molar refractivity (Wildman–Crippen MR) is 83.5 cm³/mol. The van der Waals surface area contributed by atoms with E-state index in [0.717, 1.165) is 13.8 Å². The van der Waals surface area contributed by atoms with Crippen LogP contribution in [0.15, 0.2) is 11.0 Å². The lowest BCUT2D eigenvalue weighted by Gasteiger charge is -2.41. The molecular weight excluding hydrogens is 546 g/mol. The van der Waals surface area contributed by atoms with E-state index >= 15 is 0 Å². The Kier molecular flexibility index (Phi) is 8.89. The molecular formula is C14H15F15NO3P. The number of hydrogen-bond donors (Lipinski definition) is 1. The Hall–Kier alpha value is -1.36. The van der Waals surface area contributed by atoms with E-state index in [4.69, 9.17) is 0 Å². The summed E-state index contributed by atoms with van der Waals surface area (Å²) in [6.45, 7) is 0.834. The van der Waals surface area contributed by atoms with Crippen molar-refractivity contribution in [1.29, 1.82) is 0 Å². The predicted octanol–water partition coefficient (Wildman–Crippen LogP) is 6.82. The zero-order valence-corrected chi connectivity index (χ0v) is 17.7. The molecule has 0 bridgehead atoms. The number of halogens is 15. The topological polar surface area (TPSA) is 61.5 Å². The first-order valence-corrected chi connectivity index (χ1v) is 9.93. The molecule has 0 atom stereocenters. The molecule has 0 amide bonds. The molecule has 0 aromatic carbocycles. The van der Waals surface area contributed by atoms with Crippen molar-refractivity contribution in [3.05, 3.63) is 11.0 Å². The summed E-state index contributed by atoms with van der Waals surface area (Å²) < 4.78 is 220. The first kappa shape index (κ1) is 32.6. The van der Waals surface area contributed by atoms with Crippen molar-refractivity contribution in [1.82, 2.24) is 0 Å². The molecule has 204 valence electrons. The van der Waals surface area contributed by atoms with Gasteiger partial charge in [-0.2, -0.15) is 65.9 Å². The second-order valence-electron chi connectivity index (χ2n) is 6.28. The molecule has 0 saturated carbocycles. The summed E-state index contributed by atoms with van der Waals surface area (Å²) in [5, 5.41) is -1.80. The highest BCUT2D eigenvalue weighted by atomic mass is 31.2. The Labute approximate surface area is 180 Å². The van der Waals surface area contributed by atoms with E-state index < -0.39 is 73.5 Å². The van der Waals surface area contributed by atoms with E-state index in [2.05, 4.69) is 14.8 Å². The number of hydrogen-bond acceptors (Lipinski definition) is 4. The molecule has 0 spiro atoms. The average molecular weight is 561 g/mol. The minimum absolute atomic E-state index is 0.147. The highest BCUT2D eigenvalue weighted by Crippen LogP contribution is 2.64. The molecule has 0 aliphatic heterocycles. The van der Waals surface area contributed by atoms with Crippen molar-refractivity contribution in [2.75, 3.05) is 13.2 Å². The van der Waals surface area contributed by atoms with E-state index in [9.17, 15) is 70.4 Å². The standard InChI is InChI=1S/C14H15F15NO3P/c1-4-32-34(31,33-5-2)6(3)7(30)8(15,16)9(17,18)10(19,20)11(21,22)12(23,24)13(25,26)14(27,28)29/h4-5,30H2,1-3H3/b7-6-. The normalized spacial score (nSPS) is 16.5. The molecule has 0 radical (unpaired) electrons. The third kappa shape index (κ3) is 4.58. The van der Waals surface area contributed by atoms with Gasteiger partial charge < -0.3 is 14.8 Å². The van der Waals surface area contributed by atoms with Gasteiger partial charge in [-0.25, -0.2) is 0 Å². The Balaban J connectivity index is 6.98. The maximum absolute atomic E-state index is 14.2. The lowest BCUT2D eigenvalue weighted by Crippen LogP contribution is -2.73. The molecule has 0 heterocycles. The van der Waals surface area contributed by atoms with Crippen LogP contribution in [0.4, 0.5) is 65.9 Å². The summed E-state index contributed by atoms with van der Waals surface area (Å²) in [6, 6.07) is 0. The largest absolute Gasteiger partial charge is 0.460 e. The third-order valence-electron chi connectivity index (χ3n) is 4.06. The van der Waals surface area contributed by atoms with Gasteiger partial charge in [0.05, 0.1) is 24.2 Å². The summed E-state index contributed by atoms with van der Waals surface area (Å²) in [7, 11) is -5.11. The van der Waals surface area contributed by atoms with Crippen LogP contribution in [-0.4, -0.2) is 54.9 Å². The highest BCUT2D eigenvalue weighted by Gasteiger charge is 2.93. The Morgan fingerprint density at radius 3 is 1.24 bits per heavy atom. The van der Waals surface area contributed by atoms with Crippen molar-refractivity contribution in [2.45, 2.75) is 62.5 Å². The first-order valence-electron chi connectivity index (χ1n) is 8.39. The van der Waals surface area contributed by atoms with Gasteiger partial charge >= 0.3 is 49.3 Å². The van der Waals surface area contributed by atoms with Gasteiger partial charge in [-0.3, -0.25) is 4.57 Å². The zero-order chi connectivity index (χ0) is 28.0. The van der Waals surface area contributed by atoms with E-state index in [0.29, 0.717) is 0 Å². The monoisotopic (exact) mass is 561 g/mol. The van der Waals surface area contributed by atoms with Crippen LogP contribution >= 0.6 is 7.60 Å². The van der Waals surface area contributed by atoms with Crippen LogP contribution in [0.25, 0.3) is 0 Å². The van der Waals surface area contributed by atoms with E-state index in [1.54, 1.807) is 0 Å². The summed E-state index contributed by atoms with van der Waals surface area (Å²) in [5.41, 5.74) is 1.60. The number of rotatable bonds is 11. The van der Waals surface area contributed by atoms with Crippen LogP contribution in [-0.2, 0) is 13.6 Å². The van der Waals surface area contributed by atoms with Crippen LogP contribution in [0.5, 0.6) is 0 Å². The fourth-order valence-corrected chi connectivity index (χ4v) is 3.66. The minimum atomic E-state index is -8.45. The second kappa shape index (κ2) is 9.26. The van der Waals surface area contributed by atoms with Crippen molar-refractivity contribution in [3.63, 3.8) is 0 Å².